The zero-order valence-corrected chi connectivity index (χ0v) is 10.6. The molecule has 0 saturated carbocycles. The topological polar surface area (TPSA) is 29.5 Å². The summed E-state index contributed by atoms with van der Waals surface area (Å²) in [6.45, 7) is 4.37. The van der Waals surface area contributed by atoms with E-state index in [4.69, 9.17) is 16.3 Å². The van der Waals surface area contributed by atoms with Crippen molar-refractivity contribution in [2.45, 2.75) is 19.4 Å². The Hall–Kier alpha value is -1.06. The second kappa shape index (κ2) is 5.52. The molecule has 1 heterocycles. The number of hydrogen-bond donors (Lipinski definition) is 0. The predicted octanol–water partition coefficient (Wildman–Crippen LogP) is 2.77. The minimum atomic E-state index is 0.337. The number of hydrogen-bond acceptors (Lipinski definition) is 3. The van der Waals surface area contributed by atoms with Gasteiger partial charge in [0.25, 0.3) is 0 Å². The molecule has 0 amide bonds. The molecule has 92 valence electrons. The van der Waals surface area contributed by atoms with E-state index in [-0.39, 0.29) is 0 Å². The molecule has 0 aromatic heterocycles. The Balaban J connectivity index is 2.34. The summed E-state index contributed by atoms with van der Waals surface area (Å²) in [6.07, 6.45) is 1.87. The molecule has 2 rings (SSSR count). The van der Waals surface area contributed by atoms with Crippen LogP contribution in [0.5, 0.6) is 0 Å². The fourth-order valence-electron chi connectivity index (χ4n) is 2.19. The van der Waals surface area contributed by atoms with Crippen molar-refractivity contribution in [1.29, 1.82) is 0 Å². The van der Waals surface area contributed by atoms with Gasteiger partial charge in [0.15, 0.2) is 6.29 Å². The maximum absolute atomic E-state index is 11.1. The summed E-state index contributed by atoms with van der Waals surface area (Å²) in [6, 6.07) is 5.79. The summed E-state index contributed by atoms with van der Waals surface area (Å²) in [5.74, 6) is 0. The van der Waals surface area contributed by atoms with E-state index < -0.39 is 0 Å². The molecule has 1 atom stereocenters. The Morgan fingerprint density at radius 2 is 2.41 bits per heavy atom. The number of anilines is 1. The molecule has 0 bridgehead atoms. The minimum Gasteiger partial charge on any atom is -0.377 e. The van der Waals surface area contributed by atoms with Crippen molar-refractivity contribution in [3.63, 3.8) is 0 Å². The van der Waals surface area contributed by atoms with Gasteiger partial charge in [-0.2, -0.15) is 0 Å². The lowest BCUT2D eigenvalue weighted by Gasteiger charge is -2.37. The fourth-order valence-corrected chi connectivity index (χ4v) is 2.37. The highest BCUT2D eigenvalue weighted by atomic mass is 35.5. The van der Waals surface area contributed by atoms with E-state index in [1.165, 1.54) is 0 Å². The molecule has 17 heavy (non-hydrogen) atoms. The molecule has 1 aromatic carbocycles. The van der Waals surface area contributed by atoms with Gasteiger partial charge in [-0.05, 0) is 24.6 Å². The van der Waals surface area contributed by atoms with E-state index >= 15 is 0 Å². The fraction of sp³-hybridized carbons (Fsp3) is 0.462. The van der Waals surface area contributed by atoms with Gasteiger partial charge in [-0.1, -0.05) is 18.5 Å². The van der Waals surface area contributed by atoms with Crippen molar-refractivity contribution in [2.75, 3.05) is 24.7 Å². The lowest BCUT2D eigenvalue weighted by molar-refractivity contribution is 0.0927. The molecule has 0 spiro atoms. The molecule has 1 unspecified atom stereocenters. The van der Waals surface area contributed by atoms with Gasteiger partial charge in [-0.3, -0.25) is 4.79 Å². The van der Waals surface area contributed by atoms with E-state index in [0.717, 1.165) is 31.5 Å². The number of nitrogens with zero attached hydrogens (tertiary/aromatic N) is 1. The molecule has 4 heteroatoms. The summed E-state index contributed by atoms with van der Waals surface area (Å²) in [5.41, 5.74) is 1.61. The van der Waals surface area contributed by atoms with Crippen LogP contribution in [0.3, 0.4) is 0 Å². The van der Waals surface area contributed by atoms with Crippen LogP contribution in [0.2, 0.25) is 5.02 Å². The number of aldehydes is 1. The van der Waals surface area contributed by atoms with E-state index in [9.17, 15) is 4.79 Å². The number of carbonyl (C=O) groups is 1. The lowest BCUT2D eigenvalue weighted by atomic mass is 10.1. The van der Waals surface area contributed by atoms with E-state index in [0.29, 0.717) is 23.2 Å². The van der Waals surface area contributed by atoms with Crippen molar-refractivity contribution >= 4 is 23.6 Å². The van der Waals surface area contributed by atoms with Crippen LogP contribution >= 0.6 is 11.6 Å². The molecule has 0 aliphatic carbocycles. The number of morpholine rings is 1. The molecule has 3 nitrogen and oxygen atoms in total. The molecule has 1 aromatic rings. The van der Waals surface area contributed by atoms with Crippen LogP contribution in [0.15, 0.2) is 18.2 Å². The summed E-state index contributed by atoms with van der Waals surface area (Å²) in [5, 5.41) is 0.595. The van der Waals surface area contributed by atoms with E-state index in [1.807, 2.05) is 12.1 Å². The summed E-state index contributed by atoms with van der Waals surface area (Å²) in [7, 11) is 0. The van der Waals surface area contributed by atoms with Crippen molar-refractivity contribution in [2.24, 2.45) is 0 Å². The zero-order valence-electron chi connectivity index (χ0n) is 9.86. The standard InChI is InChI=1S/C13H16ClNO2/c1-2-12-9-17-6-5-15(12)13-4-3-11(14)7-10(13)8-16/h3-4,7-8,12H,2,5-6,9H2,1H3. The highest BCUT2D eigenvalue weighted by molar-refractivity contribution is 6.31. The van der Waals surface area contributed by atoms with Crippen LogP contribution in [0.1, 0.15) is 23.7 Å². The second-order valence-electron chi connectivity index (χ2n) is 4.15. The third-order valence-corrected chi connectivity index (χ3v) is 3.36. The maximum atomic E-state index is 11.1. The van der Waals surface area contributed by atoms with Gasteiger partial charge in [0.1, 0.15) is 0 Å². The molecular weight excluding hydrogens is 238 g/mol. The average molecular weight is 254 g/mol. The number of halogens is 1. The first-order valence-corrected chi connectivity index (χ1v) is 6.23. The molecular formula is C13H16ClNO2. The molecule has 1 saturated heterocycles. The van der Waals surface area contributed by atoms with Gasteiger partial charge in [0.05, 0.1) is 19.3 Å². The summed E-state index contributed by atoms with van der Waals surface area (Å²) < 4.78 is 5.47. The van der Waals surface area contributed by atoms with E-state index in [1.54, 1.807) is 6.07 Å². The number of ether oxygens (including phenoxy) is 1. The minimum absolute atomic E-state index is 0.337. The lowest BCUT2D eigenvalue weighted by Crippen LogP contribution is -2.45. The highest BCUT2D eigenvalue weighted by Crippen LogP contribution is 2.27. The van der Waals surface area contributed by atoms with E-state index in [2.05, 4.69) is 11.8 Å². The average Bonchev–Trinajstić information content (AvgIpc) is 2.38. The summed E-state index contributed by atoms with van der Waals surface area (Å²) in [4.78, 5) is 13.3. The molecule has 0 radical (unpaired) electrons. The Kier molecular flexibility index (Phi) is 4.02. The van der Waals surface area contributed by atoms with Crippen molar-refractivity contribution in [3.05, 3.63) is 28.8 Å². The van der Waals surface area contributed by atoms with Crippen molar-refractivity contribution < 1.29 is 9.53 Å². The number of carbonyl (C=O) groups excluding carboxylic acids is 1. The predicted molar refractivity (Wildman–Crippen MR) is 69.1 cm³/mol. The Morgan fingerprint density at radius 1 is 1.59 bits per heavy atom. The summed E-state index contributed by atoms with van der Waals surface area (Å²) >= 11 is 5.90. The Labute approximate surface area is 106 Å². The normalized spacial score (nSPS) is 20.4. The first-order valence-electron chi connectivity index (χ1n) is 5.85. The van der Waals surface area contributed by atoms with Crippen LogP contribution in [0, 0.1) is 0 Å². The van der Waals surface area contributed by atoms with Crippen molar-refractivity contribution in [3.8, 4) is 0 Å². The SMILES string of the molecule is CCC1COCCN1c1ccc(Cl)cc1C=O. The number of benzene rings is 1. The quantitative estimate of drug-likeness (QED) is 0.776. The Morgan fingerprint density at radius 3 is 3.12 bits per heavy atom. The van der Waals surface area contributed by atoms with Gasteiger partial charge in [-0.25, -0.2) is 0 Å². The highest BCUT2D eigenvalue weighted by Gasteiger charge is 2.23. The first-order chi connectivity index (χ1) is 8.26. The van der Waals surface area contributed by atoms with Gasteiger partial charge in [0.2, 0.25) is 0 Å². The van der Waals surface area contributed by atoms with Crippen molar-refractivity contribution in [1.82, 2.24) is 0 Å². The van der Waals surface area contributed by atoms with Gasteiger partial charge in [0, 0.05) is 22.8 Å². The van der Waals surface area contributed by atoms with Gasteiger partial charge in [-0.15, -0.1) is 0 Å². The third-order valence-electron chi connectivity index (χ3n) is 3.12. The molecule has 1 aliphatic heterocycles. The monoisotopic (exact) mass is 253 g/mol. The van der Waals surface area contributed by atoms with Crippen LogP contribution in [-0.2, 0) is 4.74 Å². The zero-order chi connectivity index (χ0) is 12.3. The third kappa shape index (κ3) is 2.61. The molecule has 0 N–H and O–H groups in total. The Bertz CT molecular complexity index is 408. The van der Waals surface area contributed by atoms with Crippen LogP contribution in [0.25, 0.3) is 0 Å². The smallest absolute Gasteiger partial charge is 0.152 e. The van der Waals surface area contributed by atoms with Crippen LogP contribution in [-0.4, -0.2) is 32.1 Å². The van der Waals surface area contributed by atoms with Crippen LogP contribution in [0.4, 0.5) is 5.69 Å². The second-order valence-corrected chi connectivity index (χ2v) is 4.59. The molecule has 1 aliphatic rings. The largest absolute Gasteiger partial charge is 0.377 e. The van der Waals surface area contributed by atoms with Gasteiger partial charge >= 0.3 is 0 Å². The van der Waals surface area contributed by atoms with Crippen LogP contribution < -0.4 is 4.90 Å². The molecule has 1 fully saturated rings. The number of rotatable bonds is 3. The van der Waals surface area contributed by atoms with Gasteiger partial charge < -0.3 is 9.64 Å². The first kappa shape index (κ1) is 12.4. The maximum Gasteiger partial charge on any atom is 0.152 e.